The third-order valence-electron chi connectivity index (χ3n) is 1.46. The Hall–Kier alpha value is -0.520. The summed E-state index contributed by atoms with van der Waals surface area (Å²) in [5.74, 6) is 6.87. The van der Waals surface area contributed by atoms with E-state index in [2.05, 4.69) is 12.3 Å². The fourth-order valence-corrected chi connectivity index (χ4v) is 2.54. The van der Waals surface area contributed by atoms with Crippen molar-refractivity contribution in [2.45, 2.75) is 12.7 Å². The van der Waals surface area contributed by atoms with Gasteiger partial charge in [0.05, 0.1) is 4.88 Å². The molecule has 1 rings (SSSR count). The molecule has 1 aromatic heterocycles. The maximum Gasteiger partial charge on any atom is 0.275 e. The van der Waals surface area contributed by atoms with Crippen LogP contribution in [0, 0.1) is 0 Å². The van der Waals surface area contributed by atoms with Crippen LogP contribution in [0.2, 0.25) is 0 Å². The second-order valence-electron chi connectivity index (χ2n) is 2.38. The summed E-state index contributed by atoms with van der Waals surface area (Å²) < 4.78 is 0. The molecule has 13 heavy (non-hydrogen) atoms. The number of carbonyl (C=O) groups is 1. The second kappa shape index (κ2) is 5.26. The summed E-state index contributed by atoms with van der Waals surface area (Å²) in [4.78, 5) is 13.0. The van der Waals surface area contributed by atoms with Crippen LogP contribution in [0.15, 0.2) is 12.1 Å². The van der Waals surface area contributed by atoms with Crippen molar-refractivity contribution < 1.29 is 4.79 Å². The van der Waals surface area contributed by atoms with E-state index >= 15 is 0 Å². The zero-order chi connectivity index (χ0) is 9.68. The molecule has 0 saturated carbocycles. The average molecular weight is 216 g/mol. The number of rotatable bonds is 4. The lowest BCUT2D eigenvalue weighted by molar-refractivity contribution is 0.0957. The summed E-state index contributed by atoms with van der Waals surface area (Å²) in [7, 11) is 0. The molecule has 1 heterocycles. The summed E-state index contributed by atoms with van der Waals surface area (Å²) in [5, 5.41) is 0. The van der Waals surface area contributed by atoms with Gasteiger partial charge in [-0.3, -0.25) is 10.2 Å². The quantitative estimate of drug-likeness (QED) is 0.457. The van der Waals surface area contributed by atoms with Crippen molar-refractivity contribution in [3.8, 4) is 0 Å². The Morgan fingerprint density at radius 1 is 1.69 bits per heavy atom. The topological polar surface area (TPSA) is 55.1 Å². The predicted molar refractivity (Wildman–Crippen MR) is 57.8 cm³/mol. The van der Waals surface area contributed by atoms with Crippen LogP contribution in [-0.2, 0) is 5.75 Å². The van der Waals surface area contributed by atoms with Crippen molar-refractivity contribution in [1.29, 1.82) is 0 Å². The van der Waals surface area contributed by atoms with Gasteiger partial charge in [-0.25, -0.2) is 5.84 Å². The number of nitrogens with one attached hydrogen (secondary N) is 1. The van der Waals surface area contributed by atoms with Gasteiger partial charge in [-0.05, 0) is 17.9 Å². The number of hydrazine groups is 1. The number of carbonyl (C=O) groups excluding carboxylic acids is 1. The Morgan fingerprint density at radius 3 is 3.08 bits per heavy atom. The van der Waals surface area contributed by atoms with Gasteiger partial charge in [0.2, 0.25) is 0 Å². The molecule has 0 spiro atoms. The first-order chi connectivity index (χ1) is 6.27. The van der Waals surface area contributed by atoms with Gasteiger partial charge in [-0.1, -0.05) is 6.92 Å². The summed E-state index contributed by atoms with van der Waals surface area (Å²) in [6.45, 7) is 2.12. The van der Waals surface area contributed by atoms with Gasteiger partial charge in [-0.2, -0.15) is 11.8 Å². The van der Waals surface area contributed by atoms with Gasteiger partial charge in [0.1, 0.15) is 0 Å². The molecule has 0 unspecified atom stereocenters. The average Bonchev–Trinajstić information content (AvgIpc) is 2.62. The molecule has 3 nitrogen and oxygen atoms in total. The Labute approximate surface area is 85.7 Å². The molecular weight excluding hydrogens is 204 g/mol. The summed E-state index contributed by atoms with van der Waals surface area (Å²) in [5.41, 5.74) is 2.12. The first-order valence-electron chi connectivity index (χ1n) is 3.95. The van der Waals surface area contributed by atoms with Gasteiger partial charge in [-0.15, -0.1) is 11.3 Å². The van der Waals surface area contributed by atoms with Crippen molar-refractivity contribution >= 4 is 29.0 Å². The van der Waals surface area contributed by atoms with E-state index in [0.717, 1.165) is 11.5 Å². The van der Waals surface area contributed by atoms with E-state index in [9.17, 15) is 4.79 Å². The zero-order valence-corrected chi connectivity index (χ0v) is 9.00. The normalized spacial score (nSPS) is 10.0. The SMILES string of the molecule is CCSCc1ccc(C(=O)NN)s1. The van der Waals surface area contributed by atoms with Crippen molar-refractivity contribution in [3.63, 3.8) is 0 Å². The first kappa shape index (κ1) is 10.6. The molecule has 0 aliphatic carbocycles. The standard InChI is InChI=1S/C8H12N2OS2/c1-2-12-5-6-3-4-7(13-6)8(11)10-9/h3-4H,2,5,9H2,1H3,(H,10,11). The zero-order valence-electron chi connectivity index (χ0n) is 7.37. The molecule has 5 heteroatoms. The first-order valence-corrected chi connectivity index (χ1v) is 5.92. The van der Waals surface area contributed by atoms with E-state index in [4.69, 9.17) is 5.84 Å². The van der Waals surface area contributed by atoms with Crippen molar-refractivity contribution in [3.05, 3.63) is 21.9 Å². The maximum absolute atomic E-state index is 11.1. The van der Waals surface area contributed by atoms with Crippen molar-refractivity contribution in [2.75, 3.05) is 5.75 Å². The van der Waals surface area contributed by atoms with Crippen LogP contribution in [0.25, 0.3) is 0 Å². The lowest BCUT2D eigenvalue weighted by Crippen LogP contribution is -2.29. The Kier molecular flexibility index (Phi) is 4.27. The van der Waals surface area contributed by atoms with Gasteiger partial charge < -0.3 is 0 Å². The Morgan fingerprint density at radius 2 is 2.46 bits per heavy atom. The fraction of sp³-hybridized carbons (Fsp3) is 0.375. The highest BCUT2D eigenvalue weighted by atomic mass is 32.2. The molecule has 0 saturated heterocycles. The van der Waals surface area contributed by atoms with Crippen molar-refractivity contribution in [1.82, 2.24) is 5.43 Å². The third kappa shape index (κ3) is 3.02. The highest BCUT2D eigenvalue weighted by Crippen LogP contribution is 2.21. The van der Waals surface area contributed by atoms with Crippen LogP contribution in [0.5, 0.6) is 0 Å². The van der Waals surface area contributed by atoms with Crippen LogP contribution in [0.1, 0.15) is 21.5 Å². The number of nitrogen functional groups attached to an aromatic ring is 1. The molecule has 72 valence electrons. The molecule has 0 fully saturated rings. The summed E-state index contributed by atoms with van der Waals surface area (Å²) in [6.07, 6.45) is 0. The van der Waals surface area contributed by atoms with Crippen LogP contribution >= 0.6 is 23.1 Å². The number of hydrogen-bond acceptors (Lipinski definition) is 4. The molecule has 0 aliphatic heterocycles. The number of hydrogen-bond donors (Lipinski definition) is 2. The lowest BCUT2D eigenvalue weighted by Gasteiger charge is -1.94. The molecule has 0 atom stereocenters. The molecule has 0 aromatic carbocycles. The minimum absolute atomic E-state index is 0.210. The largest absolute Gasteiger partial charge is 0.289 e. The van der Waals surface area contributed by atoms with Crippen molar-refractivity contribution in [2.24, 2.45) is 5.84 Å². The summed E-state index contributed by atoms with van der Waals surface area (Å²) >= 11 is 3.33. The highest BCUT2D eigenvalue weighted by molar-refractivity contribution is 7.98. The Balaban J connectivity index is 2.58. The van der Waals surface area contributed by atoms with Gasteiger partial charge in [0, 0.05) is 10.6 Å². The van der Waals surface area contributed by atoms with Crippen LogP contribution in [0.4, 0.5) is 0 Å². The van der Waals surface area contributed by atoms with E-state index in [0.29, 0.717) is 4.88 Å². The van der Waals surface area contributed by atoms with Crippen LogP contribution in [0.3, 0.4) is 0 Å². The number of thiophene rings is 1. The number of thioether (sulfide) groups is 1. The molecule has 0 aliphatic rings. The minimum Gasteiger partial charge on any atom is -0.289 e. The number of amides is 1. The second-order valence-corrected chi connectivity index (χ2v) is 4.82. The molecular formula is C8H12N2OS2. The van der Waals surface area contributed by atoms with E-state index in [1.54, 1.807) is 6.07 Å². The number of nitrogens with two attached hydrogens (primary N) is 1. The maximum atomic E-state index is 11.1. The lowest BCUT2D eigenvalue weighted by atomic mass is 10.4. The van der Waals surface area contributed by atoms with E-state index in [1.165, 1.54) is 16.2 Å². The molecule has 1 amide bonds. The summed E-state index contributed by atoms with van der Waals surface area (Å²) in [6, 6.07) is 3.77. The van der Waals surface area contributed by atoms with E-state index in [-0.39, 0.29) is 5.91 Å². The molecule has 0 radical (unpaired) electrons. The predicted octanol–water partition coefficient (Wildman–Crippen LogP) is 1.60. The fourth-order valence-electron chi connectivity index (χ4n) is 0.851. The van der Waals surface area contributed by atoms with Crippen LogP contribution < -0.4 is 11.3 Å². The van der Waals surface area contributed by atoms with E-state index < -0.39 is 0 Å². The van der Waals surface area contributed by atoms with E-state index in [1.807, 2.05) is 17.8 Å². The van der Waals surface area contributed by atoms with Gasteiger partial charge >= 0.3 is 0 Å². The minimum atomic E-state index is -0.210. The highest BCUT2D eigenvalue weighted by Gasteiger charge is 2.06. The third-order valence-corrected chi connectivity index (χ3v) is 3.66. The van der Waals surface area contributed by atoms with Gasteiger partial charge in [0.15, 0.2) is 0 Å². The molecule has 0 bridgehead atoms. The van der Waals surface area contributed by atoms with Crippen LogP contribution in [-0.4, -0.2) is 11.7 Å². The molecule has 3 N–H and O–H groups in total. The Bertz CT molecular complexity index is 285. The monoisotopic (exact) mass is 216 g/mol. The smallest absolute Gasteiger partial charge is 0.275 e. The molecule has 1 aromatic rings. The van der Waals surface area contributed by atoms with Gasteiger partial charge in [0.25, 0.3) is 5.91 Å².